The molecule has 10 heteroatoms. The van der Waals surface area contributed by atoms with Crippen molar-refractivity contribution in [2.24, 2.45) is 0 Å². The lowest BCUT2D eigenvalue weighted by Gasteiger charge is -2.11. The third-order valence-corrected chi connectivity index (χ3v) is 4.94. The van der Waals surface area contributed by atoms with Gasteiger partial charge in [0, 0.05) is 6.07 Å². The van der Waals surface area contributed by atoms with E-state index in [0.29, 0.717) is 0 Å². The van der Waals surface area contributed by atoms with Crippen LogP contribution in [0.15, 0.2) is 47.4 Å². The number of nitrogens with one attached hydrogen (secondary N) is 1. The molecule has 2 aromatic carbocycles. The van der Waals surface area contributed by atoms with Gasteiger partial charge in [0.15, 0.2) is 0 Å². The number of rotatable bonds is 7. The predicted octanol–water partition coefficient (Wildman–Crippen LogP) is 1.87. The van der Waals surface area contributed by atoms with E-state index in [0.717, 1.165) is 6.07 Å². The van der Waals surface area contributed by atoms with Crippen LogP contribution >= 0.6 is 0 Å². The third kappa shape index (κ3) is 4.16. The van der Waals surface area contributed by atoms with Crippen LogP contribution in [-0.2, 0) is 21.4 Å². The number of ether oxygens (including phenoxy) is 2. The van der Waals surface area contributed by atoms with Gasteiger partial charge in [0.2, 0.25) is 10.0 Å². The SMILES string of the molecule is CNS(=O)(=O)c1cc(C(=O)OCc2ccccc2[N+](=O)[O-])ccc1OC. The van der Waals surface area contributed by atoms with E-state index in [1.165, 1.54) is 44.5 Å². The van der Waals surface area contributed by atoms with Crippen LogP contribution in [0.25, 0.3) is 0 Å². The highest BCUT2D eigenvalue weighted by Crippen LogP contribution is 2.25. The fourth-order valence-corrected chi connectivity index (χ4v) is 3.08. The quantitative estimate of drug-likeness (QED) is 0.441. The van der Waals surface area contributed by atoms with Crippen molar-refractivity contribution in [3.8, 4) is 5.75 Å². The number of esters is 1. The Labute approximate surface area is 149 Å². The fraction of sp³-hybridized carbons (Fsp3) is 0.188. The summed E-state index contributed by atoms with van der Waals surface area (Å²) < 4.78 is 36.3. The number of para-hydroxylation sites is 1. The van der Waals surface area contributed by atoms with Crippen LogP contribution in [0.1, 0.15) is 15.9 Å². The smallest absolute Gasteiger partial charge is 0.338 e. The molecular weight excluding hydrogens is 364 g/mol. The maximum absolute atomic E-state index is 12.2. The van der Waals surface area contributed by atoms with Gasteiger partial charge in [-0.15, -0.1) is 0 Å². The van der Waals surface area contributed by atoms with Gasteiger partial charge in [0.1, 0.15) is 17.3 Å². The van der Waals surface area contributed by atoms with Gasteiger partial charge in [0.05, 0.1) is 23.2 Å². The first kappa shape index (κ1) is 19.3. The lowest BCUT2D eigenvalue weighted by atomic mass is 10.2. The topological polar surface area (TPSA) is 125 Å². The lowest BCUT2D eigenvalue weighted by Crippen LogP contribution is -2.20. The van der Waals surface area contributed by atoms with Gasteiger partial charge >= 0.3 is 5.97 Å². The summed E-state index contributed by atoms with van der Waals surface area (Å²) in [5.74, 6) is -0.757. The molecule has 0 fully saturated rings. The minimum Gasteiger partial charge on any atom is -0.495 e. The number of nitro groups is 1. The molecule has 0 aliphatic carbocycles. The van der Waals surface area contributed by atoms with Crippen LogP contribution in [0.2, 0.25) is 0 Å². The molecule has 0 aromatic heterocycles. The number of sulfonamides is 1. The average Bonchev–Trinajstić information content (AvgIpc) is 2.65. The number of carbonyl (C=O) groups excluding carboxylic acids is 1. The summed E-state index contributed by atoms with van der Waals surface area (Å²) in [6, 6.07) is 9.64. The second-order valence-corrected chi connectivity index (χ2v) is 6.89. The van der Waals surface area contributed by atoms with Crippen molar-refractivity contribution in [1.82, 2.24) is 4.72 Å². The van der Waals surface area contributed by atoms with E-state index in [-0.39, 0.29) is 34.1 Å². The number of hydrogen-bond acceptors (Lipinski definition) is 7. The standard InChI is InChI=1S/C16H16N2O7S/c1-17-26(22,23)15-9-11(7-8-14(15)24-2)16(19)25-10-12-5-3-4-6-13(12)18(20)21/h3-9,17H,10H2,1-2H3. The number of hydrogen-bond donors (Lipinski definition) is 1. The molecule has 0 aliphatic heterocycles. The van der Waals surface area contributed by atoms with Crippen molar-refractivity contribution >= 4 is 21.7 Å². The number of nitro benzene ring substituents is 1. The van der Waals surface area contributed by atoms with Crippen LogP contribution in [0.5, 0.6) is 5.75 Å². The minimum atomic E-state index is -3.85. The highest BCUT2D eigenvalue weighted by molar-refractivity contribution is 7.89. The zero-order valence-corrected chi connectivity index (χ0v) is 14.8. The molecule has 9 nitrogen and oxygen atoms in total. The molecule has 2 rings (SSSR count). The second kappa shape index (κ2) is 7.93. The van der Waals surface area contributed by atoms with Crippen LogP contribution < -0.4 is 9.46 Å². The Kier molecular flexibility index (Phi) is 5.90. The maximum Gasteiger partial charge on any atom is 0.338 e. The Morgan fingerprint density at radius 1 is 1.23 bits per heavy atom. The van der Waals surface area contributed by atoms with E-state index in [1.807, 2.05) is 0 Å². The molecule has 0 aliphatic rings. The molecule has 0 amide bonds. The van der Waals surface area contributed by atoms with Gasteiger partial charge in [-0.25, -0.2) is 17.9 Å². The molecule has 1 N–H and O–H groups in total. The first-order chi connectivity index (χ1) is 12.3. The summed E-state index contributed by atoms with van der Waals surface area (Å²) in [7, 11) is -1.32. The molecule has 0 heterocycles. The number of nitrogens with zero attached hydrogens (tertiary/aromatic N) is 1. The maximum atomic E-state index is 12.2. The molecule has 138 valence electrons. The number of benzene rings is 2. The van der Waals surface area contributed by atoms with Gasteiger partial charge in [0.25, 0.3) is 5.69 Å². The Balaban J connectivity index is 2.26. The molecule has 0 saturated heterocycles. The Morgan fingerprint density at radius 2 is 1.92 bits per heavy atom. The third-order valence-electron chi connectivity index (χ3n) is 3.50. The van der Waals surface area contributed by atoms with Crippen LogP contribution in [0.3, 0.4) is 0 Å². The Hall–Kier alpha value is -2.98. The summed E-state index contributed by atoms with van der Waals surface area (Å²) in [6.45, 7) is -0.323. The molecular formula is C16H16N2O7S. The van der Waals surface area contributed by atoms with E-state index in [9.17, 15) is 23.3 Å². The summed E-state index contributed by atoms with van der Waals surface area (Å²) in [5.41, 5.74) is 0.0223. The van der Waals surface area contributed by atoms with E-state index >= 15 is 0 Å². The lowest BCUT2D eigenvalue weighted by molar-refractivity contribution is -0.385. The van der Waals surface area contributed by atoms with Crippen molar-refractivity contribution in [3.05, 3.63) is 63.7 Å². The van der Waals surface area contributed by atoms with Crippen molar-refractivity contribution in [2.45, 2.75) is 11.5 Å². The van der Waals surface area contributed by atoms with E-state index < -0.39 is 20.9 Å². The van der Waals surface area contributed by atoms with Gasteiger partial charge in [-0.2, -0.15) is 0 Å². The molecule has 2 aromatic rings. The van der Waals surface area contributed by atoms with Gasteiger partial charge in [-0.3, -0.25) is 10.1 Å². The van der Waals surface area contributed by atoms with Crippen molar-refractivity contribution in [1.29, 1.82) is 0 Å². The monoisotopic (exact) mass is 380 g/mol. The first-order valence-corrected chi connectivity index (χ1v) is 8.79. The summed E-state index contributed by atoms with van der Waals surface area (Å²) in [5, 5.41) is 11.0. The molecule has 0 atom stereocenters. The largest absolute Gasteiger partial charge is 0.495 e. The number of carbonyl (C=O) groups is 1. The normalized spacial score (nSPS) is 11.0. The van der Waals surface area contributed by atoms with Crippen molar-refractivity contribution < 1.29 is 27.6 Å². The Morgan fingerprint density at radius 3 is 2.54 bits per heavy atom. The molecule has 0 bridgehead atoms. The zero-order chi connectivity index (χ0) is 19.3. The van der Waals surface area contributed by atoms with E-state index in [1.54, 1.807) is 6.07 Å². The zero-order valence-electron chi connectivity index (χ0n) is 14.0. The summed E-state index contributed by atoms with van der Waals surface area (Å²) in [4.78, 5) is 22.4. The highest BCUT2D eigenvalue weighted by Gasteiger charge is 2.21. The fourth-order valence-electron chi connectivity index (χ4n) is 2.16. The molecule has 0 spiro atoms. The Bertz CT molecular complexity index is 941. The molecule has 26 heavy (non-hydrogen) atoms. The predicted molar refractivity (Wildman–Crippen MR) is 91.5 cm³/mol. The summed E-state index contributed by atoms with van der Waals surface area (Å²) in [6.07, 6.45) is 0. The average molecular weight is 380 g/mol. The van der Waals surface area contributed by atoms with Crippen LogP contribution in [0.4, 0.5) is 5.69 Å². The van der Waals surface area contributed by atoms with E-state index in [2.05, 4.69) is 4.72 Å². The van der Waals surface area contributed by atoms with Crippen molar-refractivity contribution in [3.63, 3.8) is 0 Å². The number of methoxy groups -OCH3 is 1. The van der Waals surface area contributed by atoms with Crippen LogP contribution in [0, 0.1) is 10.1 Å². The first-order valence-electron chi connectivity index (χ1n) is 7.31. The van der Waals surface area contributed by atoms with Gasteiger partial charge < -0.3 is 9.47 Å². The van der Waals surface area contributed by atoms with Crippen molar-refractivity contribution in [2.75, 3.05) is 14.2 Å². The minimum absolute atomic E-state index is 0.0294. The van der Waals surface area contributed by atoms with Crippen LogP contribution in [-0.4, -0.2) is 33.5 Å². The molecule has 0 unspecified atom stereocenters. The second-order valence-electron chi connectivity index (χ2n) is 5.04. The van der Waals surface area contributed by atoms with Gasteiger partial charge in [-0.1, -0.05) is 12.1 Å². The summed E-state index contributed by atoms with van der Waals surface area (Å²) >= 11 is 0. The molecule has 0 radical (unpaired) electrons. The highest BCUT2D eigenvalue weighted by atomic mass is 32.2. The van der Waals surface area contributed by atoms with Gasteiger partial charge in [-0.05, 0) is 31.3 Å². The van der Waals surface area contributed by atoms with E-state index in [4.69, 9.17) is 9.47 Å². The molecule has 0 saturated carbocycles.